The first-order chi connectivity index (χ1) is 12.6. The van der Waals surface area contributed by atoms with Crippen LogP contribution in [0, 0.1) is 0 Å². The second kappa shape index (κ2) is 7.43. The molecular formula is C19H20O7. The van der Waals surface area contributed by atoms with Gasteiger partial charge in [0.25, 0.3) is 0 Å². The van der Waals surface area contributed by atoms with Gasteiger partial charge in [-0.25, -0.2) is 0 Å². The van der Waals surface area contributed by atoms with Crippen molar-refractivity contribution in [1.29, 1.82) is 0 Å². The fourth-order valence-corrected chi connectivity index (χ4v) is 2.97. The molecule has 1 atom stereocenters. The van der Waals surface area contributed by atoms with E-state index in [0.717, 1.165) is 0 Å². The highest BCUT2D eigenvalue weighted by molar-refractivity contribution is 5.72. The number of hydrogen-bond acceptors (Lipinski definition) is 7. The molecule has 2 aromatic carbocycles. The van der Waals surface area contributed by atoms with Crippen molar-refractivity contribution in [2.45, 2.75) is 12.3 Å². The van der Waals surface area contributed by atoms with E-state index in [0.29, 0.717) is 34.1 Å². The number of fused-ring (bicyclic) bond motifs is 1. The van der Waals surface area contributed by atoms with Crippen LogP contribution >= 0.6 is 0 Å². The van der Waals surface area contributed by atoms with Crippen molar-refractivity contribution in [3.8, 4) is 28.7 Å². The van der Waals surface area contributed by atoms with Crippen LogP contribution in [0.2, 0.25) is 0 Å². The predicted molar refractivity (Wildman–Crippen MR) is 92.3 cm³/mol. The maximum absolute atomic E-state index is 12.0. The van der Waals surface area contributed by atoms with E-state index in [1.807, 2.05) is 0 Å². The molecule has 1 heterocycles. The lowest BCUT2D eigenvalue weighted by Crippen LogP contribution is -2.11. The highest BCUT2D eigenvalue weighted by atomic mass is 16.7. The van der Waals surface area contributed by atoms with Gasteiger partial charge in [0.05, 0.1) is 27.8 Å². The average molecular weight is 360 g/mol. The summed E-state index contributed by atoms with van der Waals surface area (Å²) in [4.78, 5) is 12.0. The number of esters is 1. The number of rotatable bonds is 6. The van der Waals surface area contributed by atoms with Crippen LogP contribution in [0.3, 0.4) is 0 Å². The quantitative estimate of drug-likeness (QED) is 0.793. The first-order valence-electron chi connectivity index (χ1n) is 7.98. The molecule has 0 saturated carbocycles. The predicted octanol–water partition coefficient (Wildman–Crippen LogP) is 2.83. The highest BCUT2D eigenvalue weighted by Gasteiger charge is 2.28. The van der Waals surface area contributed by atoms with Crippen molar-refractivity contribution in [2.75, 3.05) is 28.1 Å². The van der Waals surface area contributed by atoms with Crippen LogP contribution in [0.5, 0.6) is 28.7 Å². The summed E-state index contributed by atoms with van der Waals surface area (Å²) in [6, 6.07) is 8.46. The van der Waals surface area contributed by atoms with Gasteiger partial charge in [-0.2, -0.15) is 0 Å². The van der Waals surface area contributed by atoms with E-state index in [-0.39, 0.29) is 19.0 Å². The van der Waals surface area contributed by atoms with E-state index in [9.17, 15) is 9.90 Å². The molecule has 0 fully saturated rings. The Kier molecular flexibility index (Phi) is 5.06. The third kappa shape index (κ3) is 3.33. The van der Waals surface area contributed by atoms with Crippen molar-refractivity contribution < 1.29 is 33.6 Å². The third-order valence-electron chi connectivity index (χ3n) is 4.31. The molecule has 0 aliphatic carbocycles. The molecule has 1 aliphatic heterocycles. The number of benzene rings is 2. The molecule has 7 heteroatoms. The minimum Gasteiger partial charge on any atom is -0.508 e. The Balaban J connectivity index is 2.11. The van der Waals surface area contributed by atoms with Crippen LogP contribution in [-0.2, 0) is 9.53 Å². The lowest BCUT2D eigenvalue weighted by molar-refractivity contribution is -0.140. The van der Waals surface area contributed by atoms with Crippen molar-refractivity contribution in [1.82, 2.24) is 0 Å². The van der Waals surface area contributed by atoms with Crippen molar-refractivity contribution in [3.63, 3.8) is 0 Å². The van der Waals surface area contributed by atoms with Gasteiger partial charge in [-0.15, -0.1) is 0 Å². The average Bonchev–Trinajstić information content (AvgIpc) is 3.12. The molecule has 0 radical (unpaired) electrons. The zero-order valence-electron chi connectivity index (χ0n) is 14.8. The molecule has 7 nitrogen and oxygen atoms in total. The summed E-state index contributed by atoms with van der Waals surface area (Å²) in [5.41, 5.74) is 1.23. The molecule has 1 aliphatic rings. The summed E-state index contributed by atoms with van der Waals surface area (Å²) in [5.74, 6) is 1.22. The van der Waals surface area contributed by atoms with Gasteiger partial charge < -0.3 is 28.8 Å². The summed E-state index contributed by atoms with van der Waals surface area (Å²) < 4.78 is 26.2. The van der Waals surface area contributed by atoms with Crippen LogP contribution in [0.4, 0.5) is 0 Å². The van der Waals surface area contributed by atoms with E-state index >= 15 is 0 Å². The first kappa shape index (κ1) is 17.7. The molecule has 0 bridgehead atoms. The number of methoxy groups -OCH3 is 3. The summed E-state index contributed by atoms with van der Waals surface area (Å²) in [5, 5.41) is 10.5. The van der Waals surface area contributed by atoms with Crippen LogP contribution in [0.15, 0.2) is 30.3 Å². The lowest BCUT2D eigenvalue weighted by atomic mass is 9.87. The maximum Gasteiger partial charge on any atom is 0.306 e. The SMILES string of the molecule is COC(=O)CC(c1cc2c(cc1O)OCO2)c1ccc(OC)cc1OC. The summed E-state index contributed by atoms with van der Waals surface area (Å²) in [6.45, 7) is 0.0890. The highest BCUT2D eigenvalue weighted by Crippen LogP contribution is 2.45. The number of aromatic hydroxyl groups is 1. The van der Waals surface area contributed by atoms with E-state index < -0.39 is 11.9 Å². The Morgan fingerprint density at radius 1 is 1.08 bits per heavy atom. The molecule has 3 rings (SSSR count). The van der Waals surface area contributed by atoms with Gasteiger partial charge in [-0.05, 0) is 12.1 Å². The number of phenols is 1. The number of phenolic OH excluding ortho intramolecular Hbond substituents is 1. The second-order valence-electron chi connectivity index (χ2n) is 5.71. The molecule has 0 spiro atoms. The number of ether oxygens (including phenoxy) is 5. The fourth-order valence-electron chi connectivity index (χ4n) is 2.97. The molecule has 0 aromatic heterocycles. The minimum atomic E-state index is -0.502. The Labute approximate surface area is 151 Å². The smallest absolute Gasteiger partial charge is 0.306 e. The van der Waals surface area contributed by atoms with Crippen LogP contribution in [0.25, 0.3) is 0 Å². The molecule has 2 aromatic rings. The number of hydrogen-bond donors (Lipinski definition) is 1. The van der Waals surface area contributed by atoms with Gasteiger partial charge in [0, 0.05) is 29.2 Å². The van der Waals surface area contributed by atoms with Crippen molar-refractivity contribution in [2.24, 2.45) is 0 Å². The van der Waals surface area contributed by atoms with E-state index in [1.54, 1.807) is 31.4 Å². The second-order valence-corrected chi connectivity index (χ2v) is 5.71. The summed E-state index contributed by atoms with van der Waals surface area (Å²) in [6.07, 6.45) is 0.0202. The largest absolute Gasteiger partial charge is 0.508 e. The molecule has 1 N–H and O–H groups in total. The molecule has 1 unspecified atom stereocenters. The van der Waals surface area contributed by atoms with E-state index in [4.69, 9.17) is 23.7 Å². The van der Waals surface area contributed by atoms with Crippen LogP contribution < -0.4 is 18.9 Å². The fraction of sp³-hybridized carbons (Fsp3) is 0.316. The van der Waals surface area contributed by atoms with E-state index in [1.165, 1.54) is 20.3 Å². The van der Waals surface area contributed by atoms with Gasteiger partial charge in [-0.1, -0.05) is 6.07 Å². The summed E-state index contributed by atoms with van der Waals surface area (Å²) >= 11 is 0. The van der Waals surface area contributed by atoms with Crippen LogP contribution in [-0.4, -0.2) is 39.2 Å². The standard InChI is InChI=1S/C19H20O7/c1-22-11-4-5-12(16(6-11)23-2)13(8-19(21)24-3)14-7-17-18(9-15(14)20)26-10-25-17/h4-7,9,13,20H,8,10H2,1-3H3. The van der Waals surface area contributed by atoms with Crippen molar-refractivity contribution >= 4 is 5.97 Å². The first-order valence-corrected chi connectivity index (χ1v) is 7.98. The zero-order valence-corrected chi connectivity index (χ0v) is 14.8. The van der Waals surface area contributed by atoms with Crippen molar-refractivity contribution in [3.05, 3.63) is 41.5 Å². The van der Waals surface area contributed by atoms with Gasteiger partial charge in [0.15, 0.2) is 11.5 Å². The normalized spacial score (nSPS) is 13.2. The van der Waals surface area contributed by atoms with Gasteiger partial charge >= 0.3 is 5.97 Å². The molecule has 0 amide bonds. The minimum absolute atomic E-state index is 0.000948. The Morgan fingerprint density at radius 2 is 1.81 bits per heavy atom. The maximum atomic E-state index is 12.0. The molecule has 26 heavy (non-hydrogen) atoms. The molecule has 0 saturated heterocycles. The number of carbonyl (C=O) groups is 1. The zero-order chi connectivity index (χ0) is 18.7. The monoisotopic (exact) mass is 360 g/mol. The Bertz CT molecular complexity index is 816. The number of carbonyl (C=O) groups excluding carboxylic acids is 1. The summed E-state index contributed by atoms with van der Waals surface area (Å²) in [7, 11) is 4.42. The van der Waals surface area contributed by atoms with Gasteiger partial charge in [-0.3, -0.25) is 4.79 Å². The third-order valence-corrected chi connectivity index (χ3v) is 4.31. The van der Waals surface area contributed by atoms with E-state index in [2.05, 4.69) is 0 Å². The van der Waals surface area contributed by atoms with Gasteiger partial charge in [0.2, 0.25) is 6.79 Å². The Hall–Kier alpha value is -3.09. The molecular weight excluding hydrogens is 340 g/mol. The lowest BCUT2D eigenvalue weighted by Gasteiger charge is -2.21. The van der Waals surface area contributed by atoms with Gasteiger partial charge in [0.1, 0.15) is 17.2 Å². The topological polar surface area (TPSA) is 83.5 Å². The molecule has 138 valence electrons. The Morgan fingerprint density at radius 3 is 2.46 bits per heavy atom. The van der Waals surface area contributed by atoms with Crippen LogP contribution in [0.1, 0.15) is 23.5 Å².